The van der Waals surface area contributed by atoms with Gasteiger partial charge in [0.1, 0.15) is 5.65 Å². The molecule has 3 heterocycles. The third-order valence-corrected chi connectivity index (χ3v) is 4.00. The van der Waals surface area contributed by atoms with Crippen LogP contribution in [0.5, 0.6) is 0 Å². The van der Waals surface area contributed by atoms with E-state index >= 15 is 0 Å². The molecule has 0 aromatic carbocycles. The summed E-state index contributed by atoms with van der Waals surface area (Å²) in [6.07, 6.45) is 10.1. The Hall–Kier alpha value is -2.10. The van der Waals surface area contributed by atoms with Gasteiger partial charge in [0.15, 0.2) is 0 Å². The predicted octanol–water partition coefficient (Wildman–Crippen LogP) is 3.18. The maximum atomic E-state index is 11.9. The molecule has 4 nitrogen and oxygen atoms in total. The minimum absolute atomic E-state index is 0.127. The summed E-state index contributed by atoms with van der Waals surface area (Å²) in [5.41, 5.74) is 3.18. The van der Waals surface area contributed by atoms with Crippen LogP contribution in [0.1, 0.15) is 49.9 Å². The van der Waals surface area contributed by atoms with E-state index in [0.29, 0.717) is 13.0 Å². The molecule has 1 amide bonds. The second kappa shape index (κ2) is 6.12. The van der Waals surface area contributed by atoms with Gasteiger partial charge in [0.05, 0.1) is 17.9 Å². The molecule has 1 N–H and O–H groups in total. The van der Waals surface area contributed by atoms with Gasteiger partial charge in [-0.1, -0.05) is 25.1 Å². The molecule has 0 aliphatic carbocycles. The summed E-state index contributed by atoms with van der Waals surface area (Å²) in [6.45, 7) is 2.68. The highest BCUT2D eigenvalue weighted by Crippen LogP contribution is 2.31. The molecular weight excluding hydrogens is 262 g/mol. The van der Waals surface area contributed by atoms with E-state index < -0.39 is 0 Å². The maximum Gasteiger partial charge on any atom is 0.220 e. The first kappa shape index (κ1) is 13.9. The molecule has 0 radical (unpaired) electrons. The minimum Gasteiger partial charge on any atom is -0.350 e. The van der Waals surface area contributed by atoms with Crippen molar-refractivity contribution in [1.82, 2.24) is 14.7 Å². The van der Waals surface area contributed by atoms with Gasteiger partial charge in [0.25, 0.3) is 0 Å². The van der Waals surface area contributed by atoms with Crippen molar-refractivity contribution >= 4 is 11.6 Å². The summed E-state index contributed by atoms with van der Waals surface area (Å²) in [7, 11) is 0. The number of hydrogen-bond acceptors (Lipinski definition) is 2. The van der Waals surface area contributed by atoms with Crippen molar-refractivity contribution in [1.29, 1.82) is 0 Å². The zero-order chi connectivity index (χ0) is 14.7. The summed E-state index contributed by atoms with van der Waals surface area (Å²) in [6, 6.07) is 6.03. The highest BCUT2D eigenvalue weighted by molar-refractivity contribution is 5.77. The molecule has 4 heteroatoms. The summed E-state index contributed by atoms with van der Waals surface area (Å²) in [4.78, 5) is 16.6. The summed E-state index contributed by atoms with van der Waals surface area (Å²) >= 11 is 0. The van der Waals surface area contributed by atoms with E-state index in [0.717, 1.165) is 30.6 Å². The molecule has 110 valence electrons. The Kier molecular flexibility index (Phi) is 4.04. The van der Waals surface area contributed by atoms with Crippen LogP contribution in [0.15, 0.2) is 36.5 Å². The number of nitrogens with zero attached hydrogens (tertiary/aromatic N) is 2. The quantitative estimate of drug-likeness (QED) is 0.876. The molecule has 21 heavy (non-hydrogen) atoms. The number of carbonyl (C=O) groups excluding carboxylic acids is 1. The van der Waals surface area contributed by atoms with Crippen LogP contribution < -0.4 is 5.32 Å². The normalized spacial score (nSPS) is 18.7. The predicted molar refractivity (Wildman–Crippen MR) is 83.1 cm³/mol. The van der Waals surface area contributed by atoms with Gasteiger partial charge in [-0.05, 0) is 31.4 Å². The molecular formula is C17H21N3O. The molecule has 2 aromatic rings. The zero-order valence-electron chi connectivity index (χ0n) is 12.4. The Labute approximate surface area is 124 Å². The van der Waals surface area contributed by atoms with Crippen LogP contribution in [-0.2, 0) is 11.3 Å². The second-order valence-electron chi connectivity index (χ2n) is 5.51. The summed E-state index contributed by atoms with van der Waals surface area (Å²) < 4.78 is 2.14. The topological polar surface area (TPSA) is 46.4 Å². The van der Waals surface area contributed by atoms with Crippen LogP contribution in [0, 0.1) is 0 Å². The van der Waals surface area contributed by atoms with Gasteiger partial charge in [0.2, 0.25) is 5.91 Å². The first-order chi connectivity index (χ1) is 10.3. The van der Waals surface area contributed by atoms with Gasteiger partial charge in [-0.25, -0.2) is 4.98 Å². The smallest absolute Gasteiger partial charge is 0.220 e. The number of pyridine rings is 1. The molecule has 1 aliphatic heterocycles. The molecule has 2 aromatic heterocycles. The summed E-state index contributed by atoms with van der Waals surface area (Å²) in [5, 5.41) is 2.96. The number of imidazole rings is 1. The average Bonchev–Trinajstić information content (AvgIpc) is 2.79. The Morgan fingerprint density at radius 3 is 3.19 bits per heavy atom. The number of amides is 1. The fraction of sp³-hybridized carbons (Fsp3) is 0.412. The van der Waals surface area contributed by atoms with Crippen LogP contribution in [0.3, 0.4) is 0 Å². The number of fused-ring (bicyclic) bond motifs is 3. The van der Waals surface area contributed by atoms with Gasteiger partial charge < -0.3 is 9.72 Å². The highest BCUT2D eigenvalue weighted by atomic mass is 16.1. The van der Waals surface area contributed by atoms with Gasteiger partial charge in [0, 0.05) is 18.5 Å². The van der Waals surface area contributed by atoms with Crippen LogP contribution >= 0.6 is 0 Å². The fourth-order valence-electron chi connectivity index (χ4n) is 3.02. The van der Waals surface area contributed by atoms with E-state index in [9.17, 15) is 4.79 Å². The SMILES string of the molecule is CC/C=C\CCC1CC(=O)NCc2nc3ccccn3c21. The molecule has 0 saturated carbocycles. The number of aromatic nitrogens is 2. The van der Waals surface area contributed by atoms with E-state index in [2.05, 4.69) is 33.8 Å². The van der Waals surface area contributed by atoms with Crippen LogP contribution in [-0.4, -0.2) is 15.3 Å². The largest absolute Gasteiger partial charge is 0.350 e. The van der Waals surface area contributed by atoms with E-state index in [-0.39, 0.29) is 11.8 Å². The molecule has 1 aliphatic rings. The Balaban J connectivity index is 1.95. The van der Waals surface area contributed by atoms with E-state index in [1.54, 1.807) is 0 Å². The molecule has 0 saturated heterocycles. The number of hydrogen-bond donors (Lipinski definition) is 1. The van der Waals surface area contributed by atoms with Crippen molar-refractivity contribution < 1.29 is 4.79 Å². The molecule has 0 bridgehead atoms. The molecule has 0 spiro atoms. The first-order valence-corrected chi connectivity index (χ1v) is 7.67. The minimum atomic E-state index is 0.127. The molecule has 0 fully saturated rings. The number of rotatable bonds is 4. The third kappa shape index (κ3) is 2.84. The van der Waals surface area contributed by atoms with Gasteiger partial charge in [-0.15, -0.1) is 0 Å². The standard InChI is InChI=1S/C17H21N3O/c1-2-3-4-5-8-13-11-16(21)18-12-14-17(13)20-10-7-6-9-15(20)19-14/h3-4,6-7,9-10,13H,2,5,8,11-12H2,1H3,(H,18,21)/b4-3-. The van der Waals surface area contributed by atoms with Crippen molar-refractivity contribution in [2.24, 2.45) is 0 Å². The van der Waals surface area contributed by atoms with Crippen molar-refractivity contribution in [2.45, 2.75) is 45.1 Å². The van der Waals surface area contributed by atoms with E-state index in [1.165, 1.54) is 5.69 Å². The monoisotopic (exact) mass is 283 g/mol. The lowest BCUT2D eigenvalue weighted by Gasteiger charge is -2.14. The highest BCUT2D eigenvalue weighted by Gasteiger charge is 2.26. The van der Waals surface area contributed by atoms with Crippen LogP contribution in [0.2, 0.25) is 0 Å². The lowest BCUT2D eigenvalue weighted by atomic mass is 9.94. The second-order valence-corrected chi connectivity index (χ2v) is 5.51. The summed E-state index contributed by atoms with van der Waals surface area (Å²) in [5.74, 6) is 0.364. The molecule has 3 rings (SSSR count). The van der Waals surface area contributed by atoms with E-state index in [4.69, 9.17) is 0 Å². The van der Waals surface area contributed by atoms with E-state index in [1.807, 2.05) is 24.4 Å². The fourth-order valence-corrected chi connectivity index (χ4v) is 3.02. The lowest BCUT2D eigenvalue weighted by molar-refractivity contribution is -0.121. The van der Waals surface area contributed by atoms with Crippen LogP contribution in [0.25, 0.3) is 5.65 Å². The number of allylic oxidation sites excluding steroid dienone is 2. The van der Waals surface area contributed by atoms with Gasteiger partial charge >= 0.3 is 0 Å². The molecule has 1 unspecified atom stereocenters. The van der Waals surface area contributed by atoms with Crippen molar-refractivity contribution in [2.75, 3.05) is 0 Å². The zero-order valence-corrected chi connectivity index (χ0v) is 12.4. The Bertz CT molecular complexity index is 672. The lowest BCUT2D eigenvalue weighted by Crippen LogP contribution is -2.21. The Morgan fingerprint density at radius 2 is 2.33 bits per heavy atom. The average molecular weight is 283 g/mol. The first-order valence-electron chi connectivity index (χ1n) is 7.67. The number of carbonyl (C=O) groups is 1. The van der Waals surface area contributed by atoms with Crippen molar-refractivity contribution in [3.05, 3.63) is 47.9 Å². The Morgan fingerprint density at radius 1 is 1.43 bits per heavy atom. The maximum absolute atomic E-state index is 11.9. The van der Waals surface area contributed by atoms with Crippen molar-refractivity contribution in [3.8, 4) is 0 Å². The van der Waals surface area contributed by atoms with Gasteiger partial charge in [-0.2, -0.15) is 0 Å². The molecule has 1 atom stereocenters. The third-order valence-electron chi connectivity index (χ3n) is 4.00. The van der Waals surface area contributed by atoms with Gasteiger partial charge in [-0.3, -0.25) is 4.79 Å². The van der Waals surface area contributed by atoms with Crippen LogP contribution in [0.4, 0.5) is 0 Å². The van der Waals surface area contributed by atoms with Crippen molar-refractivity contribution in [3.63, 3.8) is 0 Å². The number of nitrogens with one attached hydrogen (secondary N) is 1.